The number of imidazole rings is 1. The van der Waals surface area contributed by atoms with E-state index in [9.17, 15) is 0 Å². The maximum atomic E-state index is 5.55. The molecule has 3 N–H and O–H groups in total. The van der Waals surface area contributed by atoms with Gasteiger partial charge in [-0.05, 0) is 19.9 Å². The third-order valence-corrected chi connectivity index (χ3v) is 2.93. The zero-order chi connectivity index (χ0) is 12.3. The molecule has 2 heterocycles. The van der Waals surface area contributed by atoms with Crippen LogP contribution < -0.4 is 5.73 Å². The van der Waals surface area contributed by atoms with Gasteiger partial charge in [-0.3, -0.25) is 4.68 Å². The number of nitrogens with two attached hydrogens (primary N) is 1. The first-order valence-corrected chi connectivity index (χ1v) is 6.02. The van der Waals surface area contributed by atoms with Crippen LogP contribution >= 0.6 is 0 Å². The quantitative estimate of drug-likeness (QED) is 0.826. The Morgan fingerprint density at radius 1 is 1.47 bits per heavy atom. The average Bonchev–Trinajstić information content (AvgIpc) is 2.98. The summed E-state index contributed by atoms with van der Waals surface area (Å²) in [5.74, 6) is 1.37. The van der Waals surface area contributed by atoms with Gasteiger partial charge in [-0.25, -0.2) is 4.98 Å². The number of aromatic nitrogens is 4. The molecule has 17 heavy (non-hydrogen) atoms. The first kappa shape index (κ1) is 11.9. The largest absolute Gasteiger partial charge is 0.342 e. The Kier molecular flexibility index (Phi) is 3.58. The lowest BCUT2D eigenvalue weighted by Crippen LogP contribution is -2.05. The minimum Gasteiger partial charge on any atom is -0.342 e. The van der Waals surface area contributed by atoms with Crippen molar-refractivity contribution in [3.8, 4) is 11.3 Å². The van der Waals surface area contributed by atoms with E-state index in [1.165, 1.54) is 0 Å². The van der Waals surface area contributed by atoms with Crippen LogP contribution in [0.4, 0.5) is 0 Å². The smallest absolute Gasteiger partial charge is 0.109 e. The van der Waals surface area contributed by atoms with E-state index in [0.29, 0.717) is 12.5 Å². The van der Waals surface area contributed by atoms with Gasteiger partial charge in [0, 0.05) is 24.2 Å². The standard InChI is InChI=1S/C12H19N5/c1-3-17-8-10(6-15-17)11-7-14-12(16-11)9(2)4-5-13/h6-9H,3-5,13H2,1-2H3,(H,14,16). The summed E-state index contributed by atoms with van der Waals surface area (Å²) >= 11 is 0. The summed E-state index contributed by atoms with van der Waals surface area (Å²) in [6, 6.07) is 0. The third-order valence-electron chi connectivity index (χ3n) is 2.93. The Bertz CT molecular complexity index is 471. The molecule has 0 aliphatic carbocycles. The molecule has 0 saturated carbocycles. The van der Waals surface area contributed by atoms with Gasteiger partial charge in [0.15, 0.2) is 0 Å². The fourth-order valence-electron chi connectivity index (χ4n) is 1.80. The zero-order valence-electron chi connectivity index (χ0n) is 10.3. The second-order valence-electron chi connectivity index (χ2n) is 4.25. The molecule has 0 fully saturated rings. The van der Waals surface area contributed by atoms with Crippen LogP contribution in [0.2, 0.25) is 0 Å². The molecule has 0 amide bonds. The Labute approximate surface area is 101 Å². The molecular weight excluding hydrogens is 214 g/mol. The van der Waals surface area contributed by atoms with E-state index >= 15 is 0 Å². The highest BCUT2D eigenvalue weighted by Gasteiger charge is 2.10. The van der Waals surface area contributed by atoms with Crippen molar-refractivity contribution in [2.45, 2.75) is 32.7 Å². The van der Waals surface area contributed by atoms with E-state index in [1.54, 1.807) is 0 Å². The molecule has 0 bridgehead atoms. The Balaban J connectivity index is 2.17. The monoisotopic (exact) mass is 233 g/mol. The van der Waals surface area contributed by atoms with Crippen LogP contribution in [0.5, 0.6) is 0 Å². The van der Waals surface area contributed by atoms with Crippen molar-refractivity contribution in [2.24, 2.45) is 5.73 Å². The van der Waals surface area contributed by atoms with Crippen LogP contribution in [-0.2, 0) is 6.54 Å². The van der Waals surface area contributed by atoms with E-state index in [-0.39, 0.29) is 0 Å². The molecule has 92 valence electrons. The van der Waals surface area contributed by atoms with Gasteiger partial charge in [-0.15, -0.1) is 0 Å². The fraction of sp³-hybridized carbons (Fsp3) is 0.500. The number of aromatic amines is 1. The molecule has 1 unspecified atom stereocenters. The lowest BCUT2D eigenvalue weighted by Gasteiger charge is -2.05. The molecule has 0 aliphatic heterocycles. The minimum absolute atomic E-state index is 0.370. The molecule has 5 heteroatoms. The van der Waals surface area contributed by atoms with Crippen molar-refractivity contribution in [1.82, 2.24) is 19.7 Å². The molecule has 5 nitrogen and oxygen atoms in total. The minimum atomic E-state index is 0.370. The maximum Gasteiger partial charge on any atom is 0.109 e. The SMILES string of the molecule is CCn1cc(-c2cnc(C(C)CCN)[nH]2)cn1. The summed E-state index contributed by atoms with van der Waals surface area (Å²) in [4.78, 5) is 7.73. The highest BCUT2D eigenvalue weighted by molar-refractivity contribution is 5.56. The number of rotatable bonds is 5. The van der Waals surface area contributed by atoms with Crippen molar-refractivity contribution in [3.05, 3.63) is 24.4 Å². The predicted molar refractivity (Wildman–Crippen MR) is 67.6 cm³/mol. The third kappa shape index (κ3) is 2.55. The van der Waals surface area contributed by atoms with Crippen LogP contribution in [0.25, 0.3) is 11.3 Å². The zero-order valence-corrected chi connectivity index (χ0v) is 10.3. The number of nitrogens with zero attached hydrogens (tertiary/aromatic N) is 3. The Morgan fingerprint density at radius 2 is 2.29 bits per heavy atom. The van der Waals surface area contributed by atoms with Gasteiger partial charge in [0.05, 0.1) is 18.1 Å². The van der Waals surface area contributed by atoms with Gasteiger partial charge in [0.1, 0.15) is 5.82 Å². The van der Waals surface area contributed by atoms with Crippen molar-refractivity contribution in [2.75, 3.05) is 6.54 Å². The molecule has 0 saturated heterocycles. The van der Waals surface area contributed by atoms with Crippen molar-refractivity contribution >= 4 is 0 Å². The number of aryl methyl sites for hydroxylation is 1. The van der Waals surface area contributed by atoms with E-state index in [2.05, 4.69) is 28.9 Å². The molecule has 2 aromatic heterocycles. The maximum absolute atomic E-state index is 5.55. The highest BCUT2D eigenvalue weighted by atomic mass is 15.3. The van der Waals surface area contributed by atoms with Crippen LogP contribution in [0.15, 0.2) is 18.6 Å². The van der Waals surface area contributed by atoms with Crippen LogP contribution in [0.1, 0.15) is 32.0 Å². The molecule has 0 spiro atoms. The Hall–Kier alpha value is -1.62. The molecule has 0 aromatic carbocycles. The average molecular weight is 233 g/mol. The van der Waals surface area contributed by atoms with Crippen LogP contribution in [0.3, 0.4) is 0 Å². The molecule has 0 radical (unpaired) electrons. The summed E-state index contributed by atoms with van der Waals surface area (Å²) in [6.07, 6.45) is 6.68. The fourth-order valence-corrected chi connectivity index (χ4v) is 1.80. The summed E-state index contributed by atoms with van der Waals surface area (Å²) in [5.41, 5.74) is 7.64. The Morgan fingerprint density at radius 3 is 2.94 bits per heavy atom. The summed E-state index contributed by atoms with van der Waals surface area (Å²) < 4.78 is 1.90. The topological polar surface area (TPSA) is 72.5 Å². The van der Waals surface area contributed by atoms with Gasteiger partial charge in [0.25, 0.3) is 0 Å². The van der Waals surface area contributed by atoms with Crippen LogP contribution in [-0.4, -0.2) is 26.3 Å². The van der Waals surface area contributed by atoms with Gasteiger partial charge in [-0.2, -0.15) is 5.10 Å². The summed E-state index contributed by atoms with van der Waals surface area (Å²) in [5, 5.41) is 4.25. The van der Waals surface area contributed by atoms with Crippen molar-refractivity contribution < 1.29 is 0 Å². The molecule has 0 aliphatic rings. The van der Waals surface area contributed by atoms with E-state index in [1.807, 2.05) is 23.3 Å². The highest BCUT2D eigenvalue weighted by Crippen LogP contribution is 2.20. The number of H-pyrrole nitrogens is 1. The number of hydrogen-bond acceptors (Lipinski definition) is 3. The van der Waals surface area contributed by atoms with Crippen molar-refractivity contribution in [3.63, 3.8) is 0 Å². The molecular formula is C12H19N5. The van der Waals surface area contributed by atoms with Gasteiger partial charge < -0.3 is 10.7 Å². The van der Waals surface area contributed by atoms with Gasteiger partial charge >= 0.3 is 0 Å². The lowest BCUT2D eigenvalue weighted by atomic mass is 10.1. The normalized spacial score (nSPS) is 12.9. The number of nitrogens with one attached hydrogen (secondary N) is 1. The first-order chi connectivity index (χ1) is 8.24. The van der Waals surface area contributed by atoms with E-state index < -0.39 is 0 Å². The summed E-state index contributed by atoms with van der Waals surface area (Å²) in [6.45, 7) is 5.76. The lowest BCUT2D eigenvalue weighted by molar-refractivity contribution is 0.655. The second-order valence-corrected chi connectivity index (χ2v) is 4.25. The second kappa shape index (κ2) is 5.14. The van der Waals surface area contributed by atoms with E-state index in [4.69, 9.17) is 5.73 Å². The molecule has 1 atom stereocenters. The van der Waals surface area contributed by atoms with Crippen molar-refractivity contribution in [1.29, 1.82) is 0 Å². The van der Waals surface area contributed by atoms with Gasteiger partial charge in [-0.1, -0.05) is 6.92 Å². The molecule has 2 rings (SSSR count). The van der Waals surface area contributed by atoms with E-state index in [0.717, 1.165) is 30.0 Å². The van der Waals surface area contributed by atoms with Crippen LogP contribution in [0, 0.1) is 0 Å². The number of hydrogen-bond donors (Lipinski definition) is 2. The van der Waals surface area contributed by atoms with Gasteiger partial charge in [0.2, 0.25) is 0 Å². The molecule has 2 aromatic rings. The predicted octanol–water partition coefficient (Wildman–Crippen LogP) is 1.75. The first-order valence-electron chi connectivity index (χ1n) is 6.02. The summed E-state index contributed by atoms with van der Waals surface area (Å²) in [7, 11) is 0.